The van der Waals surface area contributed by atoms with Crippen molar-refractivity contribution in [1.29, 1.82) is 0 Å². The fourth-order valence-electron chi connectivity index (χ4n) is 4.26. The first-order valence-electron chi connectivity index (χ1n) is 11.2. The van der Waals surface area contributed by atoms with Crippen LogP contribution in [0.5, 0.6) is 0 Å². The fourth-order valence-corrected chi connectivity index (χ4v) is 8.85. The molecule has 1 aliphatic rings. The molecule has 0 saturated heterocycles. The van der Waals surface area contributed by atoms with Gasteiger partial charge in [-0.3, -0.25) is 0 Å². The van der Waals surface area contributed by atoms with Crippen LogP contribution in [0.4, 0.5) is 0 Å². The minimum absolute atomic E-state index is 0.0560. The molecule has 5 heteroatoms. The molecular weight excluding hydrogens is 404 g/mol. The zero-order valence-electron chi connectivity index (χ0n) is 19.4. The molecule has 168 valence electrons. The van der Waals surface area contributed by atoms with E-state index in [1.54, 1.807) is 0 Å². The van der Waals surface area contributed by atoms with Gasteiger partial charge in [0.2, 0.25) is 0 Å². The summed E-state index contributed by atoms with van der Waals surface area (Å²) in [6.07, 6.45) is 4.09. The molecule has 0 radical (unpaired) electrons. The van der Waals surface area contributed by atoms with Crippen LogP contribution >= 0.6 is 0 Å². The first kappa shape index (κ1) is 23.9. The third kappa shape index (κ3) is 5.73. The van der Waals surface area contributed by atoms with E-state index in [-0.39, 0.29) is 17.4 Å². The average molecular weight is 441 g/mol. The van der Waals surface area contributed by atoms with Crippen molar-refractivity contribution >= 4 is 18.7 Å². The van der Waals surface area contributed by atoms with Gasteiger partial charge in [-0.25, -0.2) is 0 Å². The second kappa shape index (κ2) is 10.7. The summed E-state index contributed by atoms with van der Waals surface area (Å²) in [4.78, 5) is 0. The Kier molecular flexibility index (Phi) is 8.25. The molecule has 0 N–H and O–H groups in total. The van der Waals surface area contributed by atoms with E-state index in [9.17, 15) is 0 Å². The van der Waals surface area contributed by atoms with E-state index in [2.05, 4.69) is 87.5 Å². The molecule has 0 amide bonds. The van der Waals surface area contributed by atoms with Crippen molar-refractivity contribution in [2.45, 2.75) is 64.8 Å². The second-order valence-corrected chi connectivity index (χ2v) is 13.2. The van der Waals surface area contributed by atoms with Gasteiger partial charge in [-0.05, 0) is 41.8 Å². The molecule has 0 saturated carbocycles. The highest BCUT2D eigenvalue weighted by atomic mass is 28.4. The van der Waals surface area contributed by atoms with Crippen LogP contribution in [-0.4, -0.2) is 40.2 Å². The lowest BCUT2D eigenvalue weighted by Crippen LogP contribution is -2.67. The molecule has 0 fully saturated rings. The van der Waals surface area contributed by atoms with Crippen molar-refractivity contribution in [2.24, 2.45) is 0 Å². The quantitative estimate of drug-likeness (QED) is 0.324. The monoisotopic (exact) mass is 440 g/mol. The zero-order chi connectivity index (χ0) is 22.3. The lowest BCUT2D eigenvalue weighted by atomic mass is 10.2. The van der Waals surface area contributed by atoms with Gasteiger partial charge in [0.15, 0.2) is 12.6 Å². The van der Waals surface area contributed by atoms with E-state index >= 15 is 0 Å². The Balaban J connectivity index is 1.84. The number of ether oxygens (including phenoxy) is 3. The average Bonchev–Trinajstić information content (AvgIpc) is 2.75. The molecule has 0 bridgehead atoms. The highest BCUT2D eigenvalue weighted by molar-refractivity contribution is 6.99. The fraction of sp³-hybridized carbons (Fsp3) is 0.462. The van der Waals surface area contributed by atoms with Crippen molar-refractivity contribution in [3.8, 4) is 0 Å². The third-order valence-corrected chi connectivity index (χ3v) is 10.7. The largest absolute Gasteiger partial charge is 0.405 e. The lowest BCUT2D eigenvalue weighted by Gasteiger charge is -2.44. The Morgan fingerprint density at radius 3 is 2.10 bits per heavy atom. The highest BCUT2D eigenvalue weighted by Crippen LogP contribution is 2.37. The van der Waals surface area contributed by atoms with Gasteiger partial charge in [0.1, 0.15) is 0 Å². The van der Waals surface area contributed by atoms with Gasteiger partial charge in [-0.2, -0.15) is 0 Å². The van der Waals surface area contributed by atoms with E-state index in [1.165, 1.54) is 10.4 Å². The molecule has 3 atom stereocenters. The van der Waals surface area contributed by atoms with Crippen molar-refractivity contribution in [2.75, 3.05) is 13.2 Å². The van der Waals surface area contributed by atoms with Crippen LogP contribution in [-0.2, 0) is 18.6 Å². The summed E-state index contributed by atoms with van der Waals surface area (Å²) >= 11 is 0. The zero-order valence-corrected chi connectivity index (χ0v) is 20.4. The summed E-state index contributed by atoms with van der Waals surface area (Å²) in [5.41, 5.74) is 0. The number of benzene rings is 2. The molecule has 1 unspecified atom stereocenters. The maximum Gasteiger partial charge on any atom is 0.261 e. The van der Waals surface area contributed by atoms with E-state index in [4.69, 9.17) is 18.6 Å². The molecule has 4 nitrogen and oxygen atoms in total. The second-order valence-electron chi connectivity index (χ2n) is 8.92. The molecule has 2 aromatic rings. The smallest absolute Gasteiger partial charge is 0.261 e. The van der Waals surface area contributed by atoms with Gasteiger partial charge >= 0.3 is 0 Å². The van der Waals surface area contributed by atoms with Crippen LogP contribution in [0.15, 0.2) is 72.8 Å². The van der Waals surface area contributed by atoms with Crippen LogP contribution in [0, 0.1) is 0 Å². The molecular formula is C26H36O4Si. The van der Waals surface area contributed by atoms with Crippen LogP contribution in [0.3, 0.4) is 0 Å². The number of hydrogen-bond donors (Lipinski definition) is 0. The molecule has 0 aromatic heterocycles. The molecule has 31 heavy (non-hydrogen) atoms. The van der Waals surface area contributed by atoms with Gasteiger partial charge in [0.25, 0.3) is 8.32 Å². The first-order chi connectivity index (χ1) is 14.9. The molecule has 0 aliphatic carbocycles. The minimum Gasteiger partial charge on any atom is -0.405 e. The Labute approximate surface area is 188 Å². The number of hydrogen-bond acceptors (Lipinski definition) is 4. The summed E-state index contributed by atoms with van der Waals surface area (Å²) in [5.74, 6) is 0. The Bertz CT molecular complexity index is 777. The maximum absolute atomic E-state index is 7.00. The van der Waals surface area contributed by atoms with Crippen molar-refractivity contribution in [3.05, 3.63) is 72.8 Å². The summed E-state index contributed by atoms with van der Waals surface area (Å²) < 4.78 is 24.5. The van der Waals surface area contributed by atoms with Crippen LogP contribution in [0.1, 0.15) is 41.0 Å². The predicted molar refractivity (Wildman–Crippen MR) is 128 cm³/mol. The molecule has 3 rings (SSSR count). The molecule has 2 aromatic carbocycles. The van der Waals surface area contributed by atoms with Crippen molar-refractivity contribution in [1.82, 2.24) is 0 Å². The van der Waals surface area contributed by atoms with Gasteiger partial charge in [-0.15, -0.1) is 0 Å². The lowest BCUT2D eigenvalue weighted by molar-refractivity contribution is -0.237. The van der Waals surface area contributed by atoms with Gasteiger partial charge < -0.3 is 18.6 Å². The minimum atomic E-state index is -2.57. The van der Waals surface area contributed by atoms with Gasteiger partial charge in [0, 0.05) is 6.61 Å². The summed E-state index contributed by atoms with van der Waals surface area (Å²) in [5, 5.41) is 2.50. The molecule has 1 heterocycles. The standard InChI is InChI=1S/C26H36O4Si/c1-6-27-21(2)29-25-19-13-14-22(30-25)20-28-31(26(3,4)5,23-15-9-7-10-16-23)24-17-11-8-12-18-24/h7-13,15-19,21-22,25H,6,14,20H2,1-5H3/t21?,22-,25+/m1/s1. The van der Waals surface area contributed by atoms with E-state index in [0.29, 0.717) is 13.2 Å². The first-order valence-corrected chi connectivity index (χ1v) is 13.1. The Morgan fingerprint density at radius 1 is 1.00 bits per heavy atom. The highest BCUT2D eigenvalue weighted by Gasteiger charge is 2.50. The predicted octanol–water partition coefficient (Wildman–Crippen LogP) is 4.63. The Hall–Kier alpha value is -1.76. The van der Waals surface area contributed by atoms with E-state index in [1.807, 2.05) is 19.9 Å². The summed E-state index contributed by atoms with van der Waals surface area (Å²) in [6, 6.07) is 21.4. The Morgan fingerprint density at radius 2 is 1.58 bits per heavy atom. The SMILES string of the molecule is CCOC(C)O[C@@H]1C=CC[C@H](CO[Si](c2ccccc2)(c2ccccc2)C(C)(C)C)O1. The van der Waals surface area contributed by atoms with Gasteiger partial charge in [-0.1, -0.05) is 87.5 Å². The van der Waals surface area contributed by atoms with E-state index < -0.39 is 14.6 Å². The normalized spacial score (nSPS) is 20.5. The van der Waals surface area contributed by atoms with Crippen LogP contribution < -0.4 is 10.4 Å². The molecule has 0 spiro atoms. The van der Waals surface area contributed by atoms with Crippen LogP contribution in [0.25, 0.3) is 0 Å². The molecule has 1 aliphatic heterocycles. The van der Waals surface area contributed by atoms with Gasteiger partial charge in [0.05, 0.1) is 12.7 Å². The van der Waals surface area contributed by atoms with E-state index in [0.717, 1.165) is 6.42 Å². The topological polar surface area (TPSA) is 36.9 Å². The number of rotatable bonds is 9. The summed E-state index contributed by atoms with van der Waals surface area (Å²) in [6.45, 7) is 11.8. The van der Waals surface area contributed by atoms with Crippen molar-refractivity contribution in [3.63, 3.8) is 0 Å². The maximum atomic E-state index is 7.00. The van der Waals surface area contributed by atoms with Crippen LogP contribution in [0.2, 0.25) is 5.04 Å². The summed E-state index contributed by atoms with van der Waals surface area (Å²) in [7, 11) is -2.57. The van der Waals surface area contributed by atoms with Crippen molar-refractivity contribution < 1.29 is 18.6 Å². The third-order valence-electron chi connectivity index (χ3n) is 5.65.